The molecule has 0 bridgehead atoms. The molecule has 2 N–H and O–H groups in total. The minimum Gasteiger partial charge on any atom is -0.446 e. The van der Waals surface area contributed by atoms with Crippen LogP contribution >= 0.6 is 15.9 Å². The van der Waals surface area contributed by atoms with Gasteiger partial charge in [-0.25, -0.2) is 9.18 Å². The first-order valence-corrected chi connectivity index (χ1v) is 10.3. The van der Waals surface area contributed by atoms with Gasteiger partial charge in [0.25, 0.3) is 0 Å². The first-order valence-electron chi connectivity index (χ1n) is 9.50. The number of benzene rings is 2. The van der Waals surface area contributed by atoms with Gasteiger partial charge in [0.05, 0.1) is 6.04 Å². The molecule has 0 radical (unpaired) electrons. The topological polar surface area (TPSA) is 72.6 Å². The quantitative estimate of drug-likeness (QED) is 0.671. The van der Waals surface area contributed by atoms with Crippen LogP contribution in [-0.2, 0) is 9.53 Å². The molecule has 3 unspecified atom stereocenters. The summed E-state index contributed by atoms with van der Waals surface area (Å²) in [6.45, 7) is 4.36. The maximum Gasteiger partial charge on any atom is 0.410 e. The maximum absolute atomic E-state index is 12.2. The Hall–Kier alpha value is -2.41. The number of nitrogens with zero attached hydrogens (tertiary/aromatic N) is 1. The second-order valence-electron chi connectivity index (χ2n) is 7.05. The van der Waals surface area contributed by atoms with Crippen molar-refractivity contribution in [2.24, 2.45) is 11.7 Å². The van der Waals surface area contributed by atoms with Gasteiger partial charge in [-0.2, -0.15) is 0 Å². The summed E-state index contributed by atoms with van der Waals surface area (Å²) in [5.74, 6) is -0.822. The summed E-state index contributed by atoms with van der Waals surface area (Å²) in [5.41, 5.74) is 6.32. The molecule has 1 heterocycles. The molecule has 3 atom stereocenters. The molecular formula is C22H26BrFN2O3. The monoisotopic (exact) mass is 464 g/mol. The Morgan fingerprint density at radius 3 is 2.31 bits per heavy atom. The van der Waals surface area contributed by atoms with Crippen LogP contribution in [0.3, 0.4) is 0 Å². The van der Waals surface area contributed by atoms with Crippen molar-refractivity contribution in [3.63, 3.8) is 0 Å². The van der Waals surface area contributed by atoms with Crippen molar-refractivity contribution in [2.45, 2.75) is 38.8 Å². The number of nitrogens with two attached hydrogens (primary N) is 1. The first-order chi connectivity index (χ1) is 13.8. The van der Waals surface area contributed by atoms with E-state index in [-0.39, 0.29) is 35.9 Å². The predicted octanol–water partition coefficient (Wildman–Crippen LogP) is 5.06. The molecule has 1 aliphatic heterocycles. The zero-order valence-corrected chi connectivity index (χ0v) is 18.1. The lowest BCUT2D eigenvalue weighted by molar-refractivity contribution is -0.122. The molecule has 156 valence electrons. The fraction of sp³-hybridized carbons (Fsp3) is 0.364. The SMILES string of the molecule is CC(CC1CCN(C(C)c2ccc(Br)cc2)C(=O)O1)C(N)=O.Fc1ccccc1. The second-order valence-corrected chi connectivity index (χ2v) is 7.97. The molecule has 29 heavy (non-hydrogen) atoms. The Balaban J connectivity index is 0.000000360. The van der Waals surface area contributed by atoms with Crippen LogP contribution in [0.2, 0.25) is 0 Å². The molecule has 2 amide bonds. The van der Waals surface area contributed by atoms with Crippen LogP contribution in [0.25, 0.3) is 0 Å². The van der Waals surface area contributed by atoms with Crippen molar-refractivity contribution in [1.82, 2.24) is 4.90 Å². The molecule has 0 spiro atoms. The van der Waals surface area contributed by atoms with Gasteiger partial charge in [-0.15, -0.1) is 0 Å². The molecule has 2 aromatic carbocycles. The molecule has 3 rings (SSSR count). The maximum atomic E-state index is 12.2. The van der Waals surface area contributed by atoms with Crippen LogP contribution in [0.15, 0.2) is 59.1 Å². The average molecular weight is 465 g/mol. The third-order valence-electron chi connectivity index (χ3n) is 4.85. The molecule has 1 fully saturated rings. The van der Waals surface area contributed by atoms with Gasteiger partial charge in [-0.1, -0.05) is 53.2 Å². The largest absolute Gasteiger partial charge is 0.446 e. The lowest BCUT2D eigenvalue weighted by atomic mass is 9.99. The fourth-order valence-electron chi connectivity index (χ4n) is 3.01. The Morgan fingerprint density at radius 1 is 1.21 bits per heavy atom. The van der Waals surface area contributed by atoms with E-state index >= 15 is 0 Å². The molecule has 0 aliphatic carbocycles. The molecule has 7 heteroatoms. The van der Waals surface area contributed by atoms with Gasteiger partial charge in [0, 0.05) is 23.4 Å². The summed E-state index contributed by atoms with van der Waals surface area (Å²) >= 11 is 3.40. The van der Waals surface area contributed by atoms with E-state index in [1.165, 1.54) is 12.1 Å². The highest BCUT2D eigenvalue weighted by molar-refractivity contribution is 9.10. The van der Waals surface area contributed by atoms with E-state index in [1.54, 1.807) is 30.0 Å². The molecule has 5 nitrogen and oxygen atoms in total. The first kappa shape index (κ1) is 22.9. The van der Waals surface area contributed by atoms with Gasteiger partial charge in [-0.05, 0) is 43.2 Å². The number of hydrogen-bond donors (Lipinski definition) is 1. The minimum absolute atomic E-state index is 0.0462. The summed E-state index contributed by atoms with van der Waals surface area (Å²) < 4.78 is 18.4. The van der Waals surface area contributed by atoms with Crippen molar-refractivity contribution in [3.8, 4) is 0 Å². The zero-order valence-electron chi connectivity index (χ0n) is 16.6. The highest BCUT2D eigenvalue weighted by Crippen LogP contribution is 2.27. The second kappa shape index (κ2) is 11.0. The summed E-state index contributed by atoms with van der Waals surface area (Å²) in [5, 5.41) is 0. The van der Waals surface area contributed by atoms with Crippen LogP contribution in [0.5, 0.6) is 0 Å². The number of cyclic esters (lactones) is 1. The fourth-order valence-corrected chi connectivity index (χ4v) is 3.27. The normalized spacial score (nSPS) is 18.1. The van der Waals surface area contributed by atoms with Crippen molar-refractivity contribution in [2.75, 3.05) is 6.54 Å². The van der Waals surface area contributed by atoms with Crippen LogP contribution in [0.1, 0.15) is 38.3 Å². The highest BCUT2D eigenvalue weighted by atomic mass is 79.9. The summed E-state index contributed by atoms with van der Waals surface area (Å²) in [6, 6.07) is 15.8. The van der Waals surface area contributed by atoms with Gasteiger partial charge >= 0.3 is 6.09 Å². The lowest BCUT2D eigenvalue weighted by Gasteiger charge is -2.36. The number of carbonyl (C=O) groups excluding carboxylic acids is 2. The number of amides is 2. The van der Waals surface area contributed by atoms with Crippen molar-refractivity contribution in [3.05, 3.63) is 70.5 Å². The molecular weight excluding hydrogens is 439 g/mol. The predicted molar refractivity (Wildman–Crippen MR) is 114 cm³/mol. The van der Waals surface area contributed by atoms with Gasteiger partial charge < -0.3 is 15.4 Å². The van der Waals surface area contributed by atoms with Gasteiger partial charge in [-0.3, -0.25) is 4.79 Å². The number of carbonyl (C=O) groups is 2. The third kappa shape index (κ3) is 7.16. The Kier molecular flexibility index (Phi) is 8.64. The van der Waals surface area contributed by atoms with Crippen LogP contribution < -0.4 is 5.73 Å². The number of hydrogen-bond acceptors (Lipinski definition) is 3. The molecule has 0 saturated carbocycles. The van der Waals surface area contributed by atoms with E-state index in [0.717, 1.165) is 10.0 Å². The molecule has 1 saturated heterocycles. The zero-order chi connectivity index (χ0) is 21.4. The van der Waals surface area contributed by atoms with E-state index < -0.39 is 0 Å². The molecule has 2 aromatic rings. The van der Waals surface area contributed by atoms with E-state index in [0.29, 0.717) is 19.4 Å². The Labute approximate surface area is 179 Å². The molecule has 0 aromatic heterocycles. The Morgan fingerprint density at radius 2 is 1.83 bits per heavy atom. The summed E-state index contributed by atoms with van der Waals surface area (Å²) in [6.07, 6.45) is 0.637. The summed E-state index contributed by atoms with van der Waals surface area (Å²) in [7, 11) is 0. The number of primary amides is 1. The Bertz CT molecular complexity index is 801. The van der Waals surface area contributed by atoms with Gasteiger partial charge in [0.1, 0.15) is 11.9 Å². The summed E-state index contributed by atoms with van der Waals surface area (Å²) in [4.78, 5) is 25.0. The standard InChI is InChI=1S/C16H21BrN2O3.C6H5F/c1-10(15(18)20)9-14-7-8-19(16(21)22-14)11(2)12-3-5-13(17)6-4-12;7-6-4-2-1-3-5-6/h3-6,10-11,14H,7-9H2,1-2H3,(H2,18,20);1-5H. The number of halogens is 2. The van der Waals surface area contributed by atoms with Crippen molar-refractivity contribution < 1.29 is 18.7 Å². The minimum atomic E-state index is -0.360. The van der Waals surface area contributed by atoms with E-state index in [2.05, 4.69) is 15.9 Å². The van der Waals surface area contributed by atoms with Crippen molar-refractivity contribution >= 4 is 27.9 Å². The molecule has 1 aliphatic rings. The lowest BCUT2D eigenvalue weighted by Crippen LogP contribution is -2.44. The van der Waals surface area contributed by atoms with Crippen molar-refractivity contribution in [1.29, 1.82) is 0 Å². The third-order valence-corrected chi connectivity index (χ3v) is 5.38. The average Bonchev–Trinajstić information content (AvgIpc) is 2.69. The smallest absolute Gasteiger partial charge is 0.410 e. The highest BCUT2D eigenvalue weighted by Gasteiger charge is 2.32. The van der Waals surface area contributed by atoms with E-state index in [4.69, 9.17) is 10.5 Å². The number of ether oxygens (including phenoxy) is 1. The van der Waals surface area contributed by atoms with Gasteiger partial charge in [0.15, 0.2) is 0 Å². The van der Waals surface area contributed by atoms with Crippen LogP contribution in [0.4, 0.5) is 9.18 Å². The van der Waals surface area contributed by atoms with E-state index in [1.807, 2.05) is 31.2 Å². The van der Waals surface area contributed by atoms with Crippen LogP contribution in [-0.4, -0.2) is 29.5 Å². The number of rotatable bonds is 5. The van der Waals surface area contributed by atoms with E-state index in [9.17, 15) is 14.0 Å². The van der Waals surface area contributed by atoms with Gasteiger partial charge in [0.2, 0.25) is 5.91 Å². The van der Waals surface area contributed by atoms with Crippen LogP contribution in [0, 0.1) is 11.7 Å².